The van der Waals surface area contributed by atoms with E-state index in [0.717, 1.165) is 15.8 Å². The third-order valence-corrected chi connectivity index (χ3v) is 8.45. The van der Waals surface area contributed by atoms with Crippen molar-refractivity contribution in [3.05, 3.63) is 88.4 Å². The number of thiazole rings is 1. The van der Waals surface area contributed by atoms with Crippen molar-refractivity contribution in [2.24, 2.45) is 0 Å². The van der Waals surface area contributed by atoms with Crippen LogP contribution in [0.5, 0.6) is 0 Å². The number of sulfonamides is 1. The summed E-state index contributed by atoms with van der Waals surface area (Å²) in [6.07, 6.45) is 0.684. The quantitative estimate of drug-likeness (QED) is 0.445. The summed E-state index contributed by atoms with van der Waals surface area (Å²) in [7, 11) is -3.65. The van der Waals surface area contributed by atoms with Gasteiger partial charge in [0, 0.05) is 23.7 Å². The predicted octanol–water partition coefficient (Wildman–Crippen LogP) is 4.95. The van der Waals surface area contributed by atoms with Gasteiger partial charge in [-0.15, -0.1) is 0 Å². The number of anilines is 1. The van der Waals surface area contributed by atoms with Crippen LogP contribution in [0.4, 0.5) is 5.13 Å². The molecule has 0 atom stereocenters. The Bertz CT molecular complexity index is 1430. The van der Waals surface area contributed by atoms with Crippen molar-refractivity contribution in [1.29, 1.82) is 0 Å². The molecular formula is C23H18ClN3O3S2. The molecule has 162 valence electrons. The van der Waals surface area contributed by atoms with E-state index >= 15 is 0 Å². The number of nitrogens with one attached hydrogen (secondary N) is 1. The van der Waals surface area contributed by atoms with E-state index in [2.05, 4.69) is 10.3 Å². The average molecular weight is 484 g/mol. The number of amides is 1. The van der Waals surface area contributed by atoms with Gasteiger partial charge in [0.05, 0.1) is 15.1 Å². The van der Waals surface area contributed by atoms with Crippen LogP contribution < -0.4 is 5.32 Å². The molecule has 0 unspecified atom stereocenters. The molecule has 0 saturated heterocycles. The second kappa shape index (κ2) is 8.29. The minimum absolute atomic E-state index is 0.170. The molecule has 0 fully saturated rings. The molecule has 1 amide bonds. The Morgan fingerprint density at radius 3 is 2.56 bits per heavy atom. The summed E-state index contributed by atoms with van der Waals surface area (Å²) in [6, 6.07) is 19.2. The van der Waals surface area contributed by atoms with Gasteiger partial charge in [0.25, 0.3) is 5.91 Å². The van der Waals surface area contributed by atoms with E-state index in [9.17, 15) is 13.2 Å². The molecule has 0 spiro atoms. The van der Waals surface area contributed by atoms with Crippen molar-refractivity contribution in [2.75, 3.05) is 11.9 Å². The Morgan fingerprint density at radius 2 is 1.78 bits per heavy atom. The maximum atomic E-state index is 13.1. The molecule has 1 aliphatic heterocycles. The summed E-state index contributed by atoms with van der Waals surface area (Å²) in [6.45, 7) is 0.783. The zero-order chi connectivity index (χ0) is 22.3. The zero-order valence-corrected chi connectivity index (χ0v) is 19.2. The van der Waals surface area contributed by atoms with Crippen LogP contribution in [-0.2, 0) is 23.0 Å². The number of hydrogen-bond donors (Lipinski definition) is 1. The number of halogens is 1. The lowest BCUT2D eigenvalue weighted by Gasteiger charge is -2.28. The van der Waals surface area contributed by atoms with E-state index < -0.39 is 10.0 Å². The van der Waals surface area contributed by atoms with Gasteiger partial charge in [-0.25, -0.2) is 13.4 Å². The minimum atomic E-state index is -3.65. The van der Waals surface area contributed by atoms with E-state index in [1.807, 2.05) is 24.3 Å². The molecule has 6 nitrogen and oxygen atoms in total. The lowest BCUT2D eigenvalue weighted by atomic mass is 10.0. The molecule has 5 rings (SSSR count). The van der Waals surface area contributed by atoms with Crippen LogP contribution >= 0.6 is 22.9 Å². The molecule has 1 aromatic heterocycles. The number of aromatic nitrogens is 1. The Hall–Kier alpha value is -2.78. The fraction of sp³-hybridized carbons (Fsp3) is 0.130. The van der Waals surface area contributed by atoms with Crippen molar-refractivity contribution in [3.8, 4) is 0 Å². The van der Waals surface area contributed by atoms with E-state index in [0.29, 0.717) is 35.2 Å². The SMILES string of the molecule is O=C(Nc1nc2ccc(Cl)cc2s1)c1ccc(S(=O)(=O)N2CCc3ccccc3C2)cc1. The fourth-order valence-electron chi connectivity index (χ4n) is 3.72. The largest absolute Gasteiger partial charge is 0.298 e. The van der Waals surface area contributed by atoms with Crippen molar-refractivity contribution < 1.29 is 13.2 Å². The molecule has 9 heteroatoms. The van der Waals surface area contributed by atoms with Gasteiger partial charge in [-0.3, -0.25) is 10.1 Å². The lowest BCUT2D eigenvalue weighted by Crippen LogP contribution is -2.35. The van der Waals surface area contributed by atoms with Gasteiger partial charge in [-0.05, 0) is 60.0 Å². The highest BCUT2D eigenvalue weighted by Gasteiger charge is 2.28. The van der Waals surface area contributed by atoms with Crippen molar-refractivity contribution >= 4 is 54.2 Å². The maximum Gasteiger partial charge on any atom is 0.257 e. The number of fused-ring (bicyclic) bond motifs is 2. The van der Waals surface area contributed by atoms with Gasteiger partial charge in [-0.1, -0.05) is 47.2 Å². The molecule has 1 N–H and O–H groups in total. The molecule has 2 heterocycles. The molecular weight excluding hydrogens is 466 g/mol. The molecule has 0 aliphatic carbocycles. The smallest absolute Gasteiger partial charge is 0.257 e. The highest BCUT2D eigenvalue weighted by molar-refractivity contribution is 7.89. The topological polar surface area (TPSA) is 79.4 Å². The van der Waals surface area contributed by atoms with Crippen molar-refractivity contribution in [2.45, 2.75) is 17.9 Å². The highest BCUT2D eigenvalue weighted by Crippen LogP contribution is 2.29. The summed E-state index contributed by atoms with van der Waals surface area (Å²) in [5.74, 6) is -0.356. The summed E-state index contributed by atoms with van der Waals surface area (Å²) in [5, 5.41) is 3.82. The van der Waals surface area contributed by atoms with Crippen LogP contribution in [0.15, 0.2) is 71.6 Å². The van der Waals surface area contributed by atoms with Gasteiger partial charge >= 0.3 is 0 Å². The molecule has 32 heavy (non-hydrogen) atoms. The normalized spacial score (nSPS) is 14.3. The van der Waals surface area contributed by atoms with Gasteiger partial charge in [0.2, 0.25) is 10.0 Å². The van der Waals surface area contributed by atoms with Gasteiger partial charge in [0.15, 0.2) is 5.13 Å². The summed E-state index contributed by atoms with van der Waals surface area (Å²) < 4.78 is 28.6. The number of rotatable bonds is 4. The second-order valence-electron chi connectivity index (χ2n) is 7.47. The zero-order valence-electron chi connectivity index (χ0n) is 16.8. The molecule has 3 aromatic carbocycles. The number of benzene rings is 3. The number of carbonyl (C=O) groups excluding carboxylic acids is 1. The Balaban J connectivity index is 1.32. The van der Waals surface area contributed by atoms with Crippen molar-refractivity contribution in [3.63, 3.8) is 0 Å². The van der Waals surface area contributed by atoms with E-state index in [1.54, 1.807) is 18.2 Å². The van der Waals surface area contributed by atoms with E-state index in [1.165, 1.54) is 45.5 Å². The summed E-state index contributed by atoms with van der Waals surface area (Å²) in [4.78, 5) is 17.2. The standard InChI is InChI=1S/C23H18ClN3O3S2/c24-18-7-10-20-21(13-18)31-23(25-20)26-22(28)16-5-8-19(9-6-16)32(29,30)27-12-11-15-3-1-2-4-17(15)14-27/h1-10,13H,11-12,14H2,(H,25,26,28). The molecule has 1 aliphatic rings. The fourth-order valence-corrected chi connectivity index (χ4v) is 6.28. The minimum Gasteiger partial charge on any atom is -0.298 e. The van der Waals surface area contributed by atoms with Gasteiger partial charge in [-0.2, -0.15) is 4.31 Å². The molecule has 0 bridgehead atoms. The number of hydrogen-bond acceptors (Lipinski definition) is 5. The highest BCUT2D eigenvalue weighted by atomic mass is 35.5. The van der Waals surface area contributed by atoms with Crippen LogP contribution in [0.2, 0.25) is 5.02 Å². The summed E-state index contributed by atoms with van der Waals surface area (Å²) >= 11 is 7.33. The van der Waals surface area contributed by atoms with Crippen LogP contribution in [-0.4, -0.2) is 30.2 Å². The van der Waals surface area contributed by atoms with Crippen LogP contribution in [0.3, 0.4) is 0 Å². The van der Waals surface area contributed by atoms with Crippen molar-refractivity contribution in [1.82, 2.24) is 9.29 Å². The third-order valence-electron chi connectivity index (χ3n) is 5.42. The molecule has 0 saturated carbocycles. The third kappa shape index (κ3) is 4.02. The first kappa shape index (κ1) is 21.1. The Kier molecular flexibility index (Phi) is 5.46. The first-order valence-corrected chi connectivity index (χ1v) is 12.6. The predicted molar refractivity (Wildman–Crippen MR) is 127 cm³/mol. The van der Waals surface area contributed by atoms with Crippen LogP contribution in [0.25, 0.3) is 10.2 Å². The van der Waals surface area contributed by atoms with Crippen LogP contribution in [0.1, 0.15) is 21.5 Å². The number of carbonyl (C=O) groups is 1. The first-order chi connectivity index (χ1) is 15.4. The molecule has 0 radical (unpaired) electrons. The summed E-state index contributed by atoms with van der Waals surface area (Å²) in [5.41, 5.74) is 3.31. The maximum absolute atomic E-state index is 13.1. The lowest BCUT2D eigenvalue weighted by molar-refractivity contribution is 0.102. The van der Waals surface area contributed by atoms with Gasteiger partial charge in [0.1, 0.15) is 0 Å². The van der Waals surface area contributed by atoms with Crippen LogP contribution in [0, 0.1) is 0 Å². The van der Waals surface area contributed by atoms with E-state index in [-0.39, 0.29) is 10.8 Å². The average Bonchev–Trinajstić information content (AvgIpc) is 3.20. The monoisotopic (exact) mass is 483 g/mol. The number of nitrogens with zero attached hydrogens (tertiary/aromatic N) is 2. The Labute approximate surface area is 194 Å². The second-order valence-corrected chi connectivity index (χ2v) is 10.9. The molecule has 4 aromatic rings. The van der Waals surface area contributed by atoms with E-state index in [4.69, 9.17) is 11.6 Å². The first-order valence-electron chi connectivity index (χ1n) is 9.94. The Morgan fingerprint density at radius 1 is 1.03 bits per heavy atom. The van der Waals surface area contributed by atoms with Gasteiger partial charge < -0.3 is 0 Å².